The Morgan fingerprint density at radius 1 is 1.25 bits per heavy atom. The maximum Gasteiger partial charge on any atom is 0.161 e. The minimum absolute atomic E-state index is 0. The molecule has 1 aromatic rings. The average molecular weight is 244 g/mol. The largest absolute Gasteiger partial charge is 0.486 e. The second-order valence-electron chi connectivity index (χ2n) is 3.80. The zero-order valence-corrected chi connectivity index (χ0v) is 10.3. The van der Waals surface area contributed by atoms with Gasteiger partial charge in [0.25, 0.3) is 0 Å². The van der Waals surface area contributed by atoms with Crippen molar-refractivity contribution in [1.29, 1.82) is 0 Å². The number of rotatable bonds is 3. The van der Waals surface area contributed by atoms with E-state index in [1.807, 2.05) is 18.2 Å². The van der Waals surface area contributed by atoms with E-state index in [4.69, 9.17) is 15.2 Å². The lowest BCUT2D eigenvalue weighted by atomic mass is 10.0. The molecule has 0 saturated carbocycles. The number of ether oxygens (including phenoxy) is 2. The third-order valence-electron chi connectivity index (χ3n) is 2.59. The molecule has 0 amide bonds. The van der Waals surface area contributed by atoms with Crippen LogP contribution in [0.2, 0.25) is 0 Å². The van der Waals surface area contributed by atoms with E-state index in [1.165, 1.54) is 0 Å². The Hall–Kier alpha value is -0.930. The van der Waals surface area contributed by atoms with Gasteiger partial charge in [0.2, 0.25) is 0 Å². The van der Waals surface area contributed by atoms with Crippen LogP contribution in [0.4, 0.5) is 0 Å². The van der Waals surface area contributed by atoms with Gasteiger partial charge >= 0.3 is 0 Å². The van der Waals surface area contributed by atoms with Gasteiger partial charge in [0, 0.05) is 6.04 Å². The third kappa shape index (κ3) is 2.80. The van der Waals surface area contributed by atoms with Crippen molar-refractivity contribution in [1.82, 2.24) is 0 Å². The minimum Gasteiger partial charge on any atom is -0.486 e. The van der Waals surface area contributed by atoms with Crippen LogP contribution in [0.1, 0.15) is 31.4 Å². The second-order valence-corrected chi connectivity index (χ2v) is 3.80. The predicted molar refractivity (Wildman–Crippen MR) is 66.5 cm³/mol. The standard InChI is InChI=1S/C12H17NO2.ClH/c1-2-3-10(13)9-4-5-11-12(8-9)15-7-6-14-11;/h4-5,8,10H,2-3,6-7,13H2,1H3;1H/t10-;/m1./s1. The normalized spacial score (nSPS) is 15.1. The Morgan fingerprint density at radius 3 is 2.62 bits per heavy atom. The lowest BCUT2D eigenvalue weighted by molar-refractivity contribution is 0.171. The number of benzene rings is 1. The summed E-state index contributed by atoms with van der Waals surface area (Å²) in [5.41, 5.74) is 7.17. The smallest absolute Gasteiger partial charge is 0.161 e. The van der Waals surface area contributed by atoms with Gasteiger partial charge in [-0.25, -0.2) is 0 Å². The number of halogens is 1. The van der Waals surface area contributed by atoms with Crippen LogP contribution in [-0.4, -0.2) is 13.2 Å². The monoisotopic (exact) mass is 243 g/mol. The molecule has 0 spiro atoms. The van der Waals surface area contributed by atoms with Crippen LogP contribution in [0.15, 0.2) is 18.2 Å². The first-order chi connectivity index (χ1) is 7.31. The van der Waals surface area contributed by atoms with Gasteiger partial charge in [-0.05, 0) is 24.1 Å². The minimum atomic E-state index is 0. The molecule has 1 aliphatic heterocycles. The van der Waals surface area contributed by atoms with Crippen molar-refractivity contribution < 1.29 is 9.47 Å². The molecule has 90 valence electrons. The van der Waals surface area contributed by atoms with Crippen molar-refractivity contribution >= 4 is 12.4 Å². The van der Waals surface area contributed by atoms with Gasteiger partial charge in [0.1, 0.15) is 13.2 Å². The fraction of sp³-hybridized carbons (Fsp3) is 0.500. The van der Waals surface area contributed by atoms with Crippen molar-refractivity contribution in [3.8, 4) is 11.5 Å². The highest BCUT2D eigenvalue weighted by atomic mass is 35.5. The number of nitrogens with two attached hydrogens (primary N) is 1. The van der Waals surface area contributed by atoms with Gasteiger partial charge in [-0.2, -0.15) is 0 Å². The summed E-state index contributed by atoms with van der Waals surface area (Å²) in [5, 5.41) is 0. The topological polar surface area (TPSA) is 44.5 Å². The Balaban J connectivity index is 0.00000128. The highest BCUT2D eigenvalue weighted by Gasteiger charge is 2.13. The molecule has 0 saturated heterocycles. The molecule has 3 nitrogen and oxygen atoms in total. The van der Waals surface area contributed by atoms with Crippen LogP contribution in [0.25, 0.3) is 0 Å². The molecule has 2 rings (SSSR count). The van der Waals surface area contributed by atoms with Crippen molar-refractivity contribution in [3.63, 3.8) is 0 Å². The van der Waals surface area contributed by atoms with Gasteiger partial charge in [0.15, 0.2) is 11.5 Å². The molecule has 1 heterocycles. The first-order valence-corrected chi connectivity index (χ1v) is 5.46. The molecule has 1 atom stereocenters. The molecule has 0 fully saturated rings. The average Bonchev–Trinajstić information content (AvgIpc) is 2.29. The number of fused-ring (bicyclic) bond motifs is 1. The van der Waals surface area contributed by atoms with Crippen molar-refractivity contribution in [3.05, 3.63) is 23.8 Å². The van der Waals surface area contributed by atoms with Crippen LogP contribution in [0, 0.1) is 0 Å². The van der Waals surface area contributed by atoms with Gasteiger partial charge in [-0.3, -0.25) is 0 Å². The summed E-state index contributed by atoms with van der Waals surface area (Å²) in [4.78, 5) is 0. The van der Waals surface area contributed by atoms with Crippen LogP contribution in [0.5, 0.6) is 11.5 Å². The third-order valence-corrected chi connectivity index (χ3v) is 2.59. The number of hydrogen-bond donors (Lipinski definition) is 1. The van der Waals surface area contributed by atoms with Crippen LogP contribution >= 0.6 is 12.4 Å². The first-order valence-electron chi connectivity index (χ1n) is 5.46. The lowest BCUT2D eigenvalue weighted by Gasteiger charge is -2.20. The molecular weight excluding hydrogens is 226 g/mol. The summed E-state index contributed by atoms with van der Waals surface area (Å²) < 4.78 is 11.0. The quantitative estimate of drug-likeness (QED) is 0.888. The molecule has 0 unspecified atom stereocenters. The molecule has 2 N–H and O–H groups in total. The van der Waals surface area contributed by atoms with E-state index in [9.17, 15) is 0 Å². The Bertz CT molecular complexity index is 344. The van der Waals surface area contributed by atoms with Crippen molar-refractivity contribution in [2.24, 2.45) is 5.73 Å². The molecule has 0 aliphatic carbocycles. The van der Waals surface area contributed by atoms with Gasteiger partial charge < -0.3 is 15.2 Å². The fourth-order valence-corrected chi connectivity index (χ4v) is 1.77. The van der Waals surface area contributed by atoms with E-state index in [0.717, 1.165) is 29.9 Å². The highest BCUT2D eigenvalue weighted by molar-refractivity contribution is 5.85. The Kier molecular flexibility index (Phi) is 4.90. The molecule has 0 radical (unpaired) electrons. The van der Waals surface area contributed by atoms with Crippen LogP contribution in [0.3, 0.4) is 0 Å². The SMILES string of the molecule is CCC[C@@H](N)c1ccc2c(c1)OCCO2.Cl. The molecule has 0 bridgehead atoms. The van der Waals surface area contributed by atoms with E-state index in [1.54, 1.807) is 0 Å². The van der Waals surface area contributed by atoms with Crippen molar-refractivity contribution in [2.45, 2.75) is 25.8 Å². The van der Waals surface area contributed by atoms with E-state index < -0.39 is 0 Å². The highest BCUT2D eigenvalue weighted by Crippen LogP contribution is 2.32. The zero-order valence-electron chi connectivity index (χ0n) is 9.44. The molecule has 1 aliphatic rings. The summed E-state index contributed by atoms with van der Waals surface area (Å²) in [6, 6.07) is 6.06. The summed E-state index contributed by atoms with van der Waals surface area (Å²) in [7, 11) is 0. The van der Waals surface area contributed by atoms with Gasteiger partial charge in [0.05, 0.1) is 0 Å². The Morgan fingerprint density at radius 2 is 1.94 bits per heavy atom. The zero-order chi connectivity index (χ0) is 10.7. The predicted octanol–water partition coefficient (Wildman–Crippen LogP) is 2.68. The summed E-state index contributed by atoms with van der Waals surface area (Å²) >= 11 is 0. The lowest BCUT2D eigenvalue weighted by Crippen LogP contribution is -2.16. The van der Waals surface area contributed by atoms with Crippen LogP contribution < -0.4 is 15.2 Å². The van der Waals surface area contributed by atoms with E-state index >= 15 is 0 Å². The fourth-order valence-electron chi connectivity index (χ4n) is 1.77. The summed E-state index contributed by atoms with van der Waals surface area (Å²) in [6.07, 6.45) is 2.09. The maximum absolute atomic E-state index is 6.04. The first kappa shape index (κ1) is 13.1. The van der Waals surface area contributed by atoms with E-state index in [0.29, 0.717) is 13.2 Å². The second kappa shape index (κ2) is 5.97. The number of hydrogen-bond acceptors (Lipinski definition) is 3. The van der Waals surface area contributed by atoms with Crippen molar-refractivity contribution in [2.75, 3.05) is 13.2 Å². The summed E-state index contributed by atoms with van der Waals surface area (Å²) in [5.74, 6) is 1.65. The van der Waals surface area contributed by atoms with Gasteiger partial charge in [-0.15, -0.1) is 12.4 Å². The van der Waals surface area contributed by atoms with Crippen LogP contribution in [-0.2, 0) is 0 Å². The molecule has 16 heavy (non-hydrogen) atoms. The maximum atomic E-state index is 6.04. The molecule has 1 aromatic carbocycles. The van der Waals surface area contributed by atoms with E-state index in [-0.39, 0.29) is 18.4 Å². The summed E-state index contributed by atoms with van der Waals surface area (Å²) in [6.45, 7) is 3.39. The molecular formula is C12H18ClNO2. The Labute approximate surface area is 102 Å². The molecule has 0 aromatic heterocycles. The molecule has 4 heteroatoms. The van der Waals surface area contributed by atoms with Gasteiger partial charge in [-0.1, -0.05) is 19.4 Å². The van der Waals surface area contributed by atoms with E-state index in [2.05, 4.69) is 6.92 Å².